The first-order valence-electron chi connectivity index (χ1n) is 6.81. The molecule has 0 radical (unpaired) electrons. The number of methoxy groups -OCH3 is 1. The molecule has 0 atom stereocenters. The van der Waals surface area contributed by atoms with E-state index in [4.69, 9.17) is 22.1 Å². The number of hydrogen-bond donors (Lipinski definition) is 1. The van der Waals surface area contributed by atoms with Crippen LogP contribution in [0, 0.1) is 0 Å². The van der Waals surface area contributed by atoms with E-state index < -0.39 is 0 Å². The van der Waals surface area contributed by atoms with Gasteiger partial charge in [0.15, 0.2) is 0 Å². The van der Waals surface area contributed by atoms with Crippen molar-refractivity contribution in [1.82, 2.24) is 4.57 Å². The minimum absolute atomic E-state index is 0.444. The van der Waals surface area contributed by atoms with E-state index in [1.165, 1.54) is 0 Å². The van der Waals surface area contributed by atoms with Crippen LogP contribution < -0.4 is 5.73 Å². The highest BCUT2D eigenvalue weighted by Crippen LogP contribution is 2.36. The highest BCUT2D eigenvalue weighted by Gasteiger charge is 2.17. The zero-order valence-electron chi connectivity index (χ0n) is 11.8. The number of nitrogens with zero attached hydrogens (tertiary/aromatic N) is 1. The Morgan fingerprint density at radius 2 is 1.90 bits per heavy atom. The zero-order valence-corrected chi connectivity index (χ0v) is 12.6. The van der Waals surface area contributed by atoms with Gasteiger partial charge in [-0.25, -0.2) is 0 Å². The van der Waals surface area contributed by atoms with E-state index in [0.29, 0.717) is 13.3 Å². The number of ether oxygens (including phenoxy) is 1. The summed E-state index contributed by atoms with van der Waals surface area (Å²) in [5.41, 5.74) is 10.4. The van der Waals surface area contributed by atoms with Gasteiger partial charge >= 0.3 is 0 Å². The van der Waals surface area contributed by atoms with Crippen molar-refractivity contribution in [2.75, 3.05) is 7.11 Å². The van der Waals surface area contributed by atoms with Gasteiger partial charge in [-0.15, -0.1) is 0 Å². The summed E-state index contributed by atoms with van der Waals surface area (Å²) in [5, 5.41) is 1.82. The largest absolute Gasteiger partial charge is 0.364 e. The van der Waals surface area contributed by atoms with Crippen LogP contribution in [-0.2, 0) is 18.0 Å². The van der Waals surface area contributed by atoms with Gasteiger partial charge in [-0.2, -0.15) is 0 Å². The highest BCUT2D eigenvalue weighted by molar-refractivity contribution is 6.31. The van der Waals surface area contributed by atoms with Crippen LogP contribution in [-0.4, -0.2) is 11.7 Å². The molecule has 2 aromatic carbocycles. The second-order valence-corrected chi connectivity index (χ2v) is 5.34. The van der Waals surface area contributed by atoms with Crippen LogP contribution in [0.1, 0.15) is 5.69 Å². The second-order valence-electron chi connectivity index (χ2n) is 4.90. The predicted molar refractivity (Wildman–Crippen MR) is 87.3 cm³/mol. The number of aromatic nitrogens is 1. The monoisotopic (exact) mass is 300 g/mol. The lowest BCUT2D eigenvalue weighted by Gasteiger charge is -2.09. The van der Waals surface area contributed by atoms with Crippen molar-refractivity contribution in [3.05, 3.63) is 59.2 Å². The third kappa shape index (κ3) is 2.44. The summed E-state index contributed by atoms with van der Waals surface area (Å²) < 4.78 is 7.44. The normalized spacial score (nSPS) is 11.2. The second kappa shape index (κ2) is 5.90. The van der Waals surface area contributed by atoms with Gasteiger partial charge in [-0.3, -0.25) is 0 Å². The third-order valence-corrected chi connectivity index (χ3v) is 3.88. The molecule has 0 amide bonds. The molecule has 1 heterocycles. The first-order chi connectivity index (χ1) is 10.3. The van der Waals surface area contributed by atoms with Crippen molar-refractivity contribution in [3.63, 3.8) is 0 Å². The molecule has 1 aromatic heterocycles. The molecular formula is C17H17ClN2O. The van der Waals surface area contributed by atoms with E-state index in [-0.39, 0.29) is 0 Å². The van der Waals surface area contributed by atoms with Gasteiger partial charge in [-0.1, -0.05) is 41.9 Å². The van der Waals surface area contributed by atoms with Crippen LogP contribution in [0.5, 0.6) is 0 Å². The fourth-order valence-corrected chi connectivity index (χ4v) is 2.97. The van der Waals surface area contributed by atoms with Crippen LogP contribution in [0.3, 0.4) is 0 Å². The summed E-state index contributed by atoms with van der Waals surface area (Å²) in [6.45, 7) is 0.914. The lowest BCUT2D eigenvalue weighted by molar-refractivity contribution is 0.132. The van der Waals surface area contributed by atoms with Gasteiger partial charge in [0.2, 0.25) is 0 Å². The molecule has 0 bridgehead atoms. The lowest BCUT2D eigenvalue weighted by Crippen LogP contribution is -2.09. The van der Waals surface area contributed by atoms with Gasteiger partial charge in [0.1, 0.15) is 6.73 Å². The molecule has 2 N–H and O–H groups in total. The quantitative estimate of drug-likeness (QED) is 0.790. The van der Waals surface area contributed by atoms with Crippen molar-refractivity contribution in [1.29, 1.82) is 0 Å². The number of benzene rings is 2. The van der Waals surface area contributed by atoms with E-state index in [9.17, 15) is 0 Å². The maximum Gasteiger partial charge on any atom is 0.122 e. The van der Waals surface area contributed by atoms with E-state index in [0.717, 1.165) is 32.7 Å². The molecule has 0 fully saturated rings. The predicted octanol–water partition coefficient (Wildman–Crippen LogP) is 4.02. The topological polar surface area (TPSA) is 40.2 Å². The zero-order chi connectivity index (χ0) is 14.8. The summed E-state index contributed by atoms with van der Waals surface area (Å²) in [6, 6.07) is 16.1. The molecule has 21 heavy (non-hydrogen) atoms. The molecule has 3 nitrogen and oxygen atoms in total. The summed E-state index contributed by atoms with van der Waals surface area (Å²) in [7, 11) is 1.68. The molecule has 108 valence electrons. The number of fused-ring (bicyclic) bond motifs is 1. The third-order valence-electron chi connectivity index (χ3n) is 3.65. The Kier molecular flexibility index (Phi) is 3.97. The Labute approximate surface area is 128 Å². The van der Waals surface area contributed by atoms with E-state index in [1.54, 1.807) is 7.11 Å². The highest BCUT2D eigenvalue weighted by atomic mass is 35.5. The van der Waals surface area contributed by atoms with Gasteiger partial charge in [0.05, 0.1) is 5.52 Å². The van der Waals surface area contributed by atoms with Gasteiger partial charge in [-0.05, 0) is 23.8 Å². The fraction of sp³-hybridized carbons (Fsp3) is 0.176. The fourth-order valence-electron chi connectivity index (χ4n) is 2.80. The number of halogens is 1. The smallest absolute Gasteiger partial charge is 0.122 e. The van der Waals surface area contributed by atoms with Crippen molar-refractivity contribution in [3.8, 4) is 11.1 Å². The summed E-state index contributed by atoms with van der Waals surface area (Å²) in [6.07, 6.45) is 0. The van der Waals surface area contributed by atoms with Crippen LogP contribution in [0.2, 0.25) is 5.02 Å². The molecule has 0 aliphatic carbocycles. The Bertz CT molecular complexity index is 765. The Balaban J connectivity index is 2.38. The van der Waals surface area contributed by atoms with Crippen molar-refractivity contribution in [2.45, 2.75) is 13.3 Å². The summed E-state index contributed by atoms with van der Waals surface area (Å²) in [4.78, 5) is 0. The van der Waals surface area contributed by atoms with Crippen LogP contribution in [0.4, 0.5) is 0 Å². The molecule has 3 aromatic rings. The Hall–Kier alpha value is -1.81. The SMILES string of the molecule is COCn1c(CN)c(-c2ccccc2)c2cc(Cl)ccc21. The average molecular weight is 301 g/mol. The summed E-state index contributed by atoms with van der Waals surface area (Å²) >= 11 is 6.19. The molecule has 0 aliphatic heterocycles. The molecule has 3 rings (SSSR count). The Morgan fingerprint density at radius 1 is 1.14 bits per heavy atom. The van der Waals surface area contributed by atoms with Crippen LogP contribution >= 0.6 is 11.6 Å². The van der Waals surface area contributed by atoms with E-state index in [1.807, 2.05) is 36.4 Å². The number of rotatable bonds is 4. The standard InChI is InChI=1S/C17H17ClN2O/c1-21-11-20-15-8-7-13(18)9-14(15)17(16(20)10-19)12-5-3-2-4-6-12/h2-9H,10-11,19H2,1H3. The molecule has 0 spiro atoms. The van der Waals surface area contributed by atoms with Gasteiger partial charge < -0.3 is 15.0 Å². The van der Waals surface area contributed by atoms with E-state index in [2.05, 4.69) is 16.7 Å². The molecular weight excluding hydrogens is 284 g/mol. The molecule has 0 saturated heterocycles. The first-order valence-corrected chi connectivity index (χ1v) is 7.19. The molecule has 4 heteroatoms. The first kappa shape index (κ1) is 14.1. The van der Waals surface area contributed by atoms with Crippen molar-refractivity contribution in [2.24, 2.45) is 5.73 Å². The molecule has 0 unspecified atom stereocenters. The number of nitrogens with two attached hydrogens (primary N) is 1. The van der Waals surface area contributed by atoms with E-state index >= 15 is 0 Å². The minimum Gasteiger partial charge on any atom is -0.364 e. The number of hydrogen-bond acceptors (Lipinski definition) is 2. The van der Waals surface area contributed by atoms with Crippen LogP contribution in [0.25, 0.3) is 22.0 Å². The maximum absolute atomic E-state index is 6.19. The minimum atomic E-state index is 0.444. The molecule has 0 saturated carbocycles. The van der Waals surface area contributed by atoms with Gasteiger partial charge in [0, 0.05) is 35.3 Å². The van der Waals surface area contributed by atoms with Crippen molar-refractivity contribution < 1.29 is 4.74 Å². The lowest BCUT2D eigenvalue weighted by atomic mass is 10.0. The average Bonchev–Trinajstić information content (AvgIpc) is 2.81. The Morgan fingerprint density at radius 3 is 2.57 bits per heavy atom. The van der Waals surface area contributed by atoms with Crippen LogP contribution in [0.15, 0.2) is 48.5 Å². The van der Waals surface area contributed by atoms with Gasteiger partial charge in [0.25, 0.3) is 0 Å². The maximum atomic E-state index is 6.19. The molecule has 0 aliphatic rings. The van der Waals surface area contributed by atoms with Crippen molar-refractivity contribution >= 4 is 22.5 Å². The summed E-state index contributed by atoms with van der Waals surface area (Å²) in [5.74, 6) is 0.